The lowest BCUT2D eigenvalue weighted by molar-refractivity contribution is 0.0528. The van der Waals surface area contributed by atoms with Gasteiger partial charge >= 0.3 is 6.09 Å². The van der Waals surface area contributed by atoms with Crippen molar-refractivity contribution in [3.63, 3.8) is 0 Å². The van der Waals surface area contributed by atoms with E-state index in [4.69, 9.17) is 4.74 Å². The Morgan fingerprint density at radius 3 is 2.60 bits per heavy atom. The summed E-state index contributed by atoms with van der Waals surface area (Å²) in [4.78, 5) is 11.4. The lowest BCUT2D eigenvalue weighted by atomic mass is 10.2. The van der Waals surface area contributed by atoms with Crippen LogP contribution in [0.25, 0.3) is 0 Å². The number of carbonyl (C=O) groups excluding carboxylic acids is 1. The zero-order valence-corrected chi connectivity index (χ0v) is 12.6. The predicted molar refractivity (Wildman–Crippen MR) is 80.2 cm³/mol. The Morgan fingerprint density at radius 2 is 2.00 bits per heavy atom. The SMILES string of the molecule is Cc1cc(O)ccc1NCCCNC(=O)OC(C)(C)C. The van der Waals surface area contributed by atoms with Gasteiger partial charge in [0.2, 0.25) is 0 Å². The van der Waals surface area contributed by atoms with E-state index in [0.717, 1.165) is 24.2 Å². The second-order valence-electron chi connectivity index (χ2n) is 5.71. The normalized spacial score (nSPS) is 11.0. The molecular weight excluding hydrogens is 256 g/mol. The van der Waals surface area contributed by atoms with Gasteiger partial charge in [-0.1, -0.05) is 0 Å². The van der Waals surface area contributed by atoms with Crippen LogP contribution in [0.5, 0.6) is 5.75 Å². The van der Waals surface area contributed by atoms with Gasteiger partial charge in [0.1, 0.15) is 11.4 Å². The maximum Gasteiger partial charge on any atom is 0.407 e. The van der Waals surface area contributed by atoms with E-state index in [1.165, 1.54) is 0 Å². The van der Waals surface area contributed by atoms with Crippen LogP contribution in [0.2, 0.25) is 0 Å². The third-order valence-corrected chi connectivity index (χ3v) is 2.55. The maximum atomic E-state index is 11.4. The molecule has 0 fully saturated rings. The van der Waals surface area contributed by atoms with Crippen molar-refractivity contribution in [3.8, 4) is 5.75 Å². The fourth-order valence-corrected chi connectivity index (χ4v) is 1.66. The number of phenolic OH excluding ortho intramolecular Hbond substituents is 1. The summed E-state index contributed by atoms with van der Waals surface area (Å²) < 4.78 is 5.14. The molecule has 20 heavy (non-hydrogen) atoms. The Hall–Kier alpha value is -1.91. The van der Waals surface area contributed by atoms with Gasteiger partial charge in [-0.25, -0.2) is 4.79 Å². The van der Waals surface area contributed by atoms with Crippen molar-refractivity contribution in [2.24, 2.45) is 0 Å². The molecule has 0 aliphatic heterocycles. The number of alkyl carbamates (subject to hydrolysis) is 1. The predicted octanol–water partition coefficient (Wildman–Crippen LogP) is 3.03. The summed E-state index contributed by atoms with van der Waals surface area (Å²) in [5.74, 6) is 0.264. The number of amides is 1. The molecule has 0 aliphatic carbocycles. The second-order valence-corrected chi connectivity index (χ2v) is 5.71. The van der Waals surface area contributed by atoms with Crippen LogP contribution in [0.1, 0.15) is 32.8 Å². The molecule has 3 N–H and O–H groups in total. The summed E-state index contributed by atoms with van der Waals surface area (Å²) in [7, 11) is 0. The number of phenols is 1. The van der Waals surface area contributed by atoms with Gasteiger partial charge in [-0.05, 0) is 57.9 Å². The highest BCUT2D eigenvalue weighted by molar-refractivity contribution is 5.67. The quantitative estimate of drug-likeness (QED) is 0.573. The molecule has 0 unspecified atom stereocenters. The molecule has 0 atom stereocenters. The molecular formula is C15H24N2O3. The summed E-state index contributed by atoms with van der Waals surface area (Å²) in [6, 6.07) is 5.20. The number of hydrogen-bond donors (Lipinski definition) is 3. The third-order valence-electron chi connectivity index (χ3n) is 2.55. The first-order chi connectivity index (χ1) is 9.28. The van der Waals surface area contributed by atoms with E-state index in [9.17, 15) is 9.90 Å². The number of carbonyl (C=O) groups is 1. The monoisotopic (exact) mass is 280 g/mol. The third kappa shape index (κ3) is 6.31. The first kappa shape index (κ1) is 16.1. The van der Waals surface area contributed by atoms with Crippen molar-refractivity contribution < 1.29 is 14.6 Å². The zero-order valence-electron chi connectivity index (χ0n) is 12.6. The number of anilines is 1. The molecule has 5 heteroatoms. The molecule has 0 spiro atoms. The summed E-state index contributed by atoms with van der Waals surface area (Å²) in [5.41, 5.74) is 1.51. The van der Waals surface area contributed by atoms with Crippen molar-refractivity contribution >= 4 is 11.8 Å². The van der Waals surface area contributed by atoms with Crippen molar-refractivity contribution in [1.29, 1.82) is 0 Å². The number of aromatic hydroxyl groups is 1. The van der Waals surface area contributed by atoms with Crippen LogP contribution in [-0.2, 0) is 4.74 Å². The van der Waals surface area contributed by atoms with Crippen molar-refractivity contribution in [2.45, 2.75) is 39.7 Å². The second kappa shape index (κ2) is 7.03. The average molecular weight is 280 g/mol. The highest BCUT2D eigenvalue weighted by Gasteiger charge is 2.15. The van der Waals surface area contributed by atoms with E-state index in [1.54, 1.807) is 12.1 Å². The Balaban J connectivity index is 2.21. The van der Waals surface area contributed by atoms with Gasteiger partial charge in [-0.3, -0.25) is 0 Å². The van der Waals surface area contributed by atoms with Gasteiger partial charge in [0, 0.05) is 18.8 Å². The molecule has 0 radical (unpaired) electrons. The van der Waals surface area contributed by atoms with Gasteiger partial charge in [-0.15, -0.1) is 0 Å². The van der Waals surface area contributed by atoms with E-state index < -0.39 is 11.7 Å². The molecule has 0 bridgehead atoms. The smallest absolute Gasteiger partial charge is 0.407 e. The van der Waals surface area contributed by atoms with Crippen LogP contribution in [0.4, 0.5) is 10.5 Å². The van der Waals surface area contributed by atoms with E-state index in [-0.39, 0.29) is 5.75 Å². The molecule has 112 valence electrons. The van der Waals surface area contributed by atoms with Crippen molar-refractivity contribution in [2.75, 3.05) is 18.4 Å². The number of hydrogen-bond acceptors (Lipinski definition) is 4. The highest BCUT2D eigenvalue weighted by Crippen LogP contribution is 2.19. The van der Waals surface area contributed by atoms with Crippen LogP contribution in [-0.4, -0.2) is 29.9 Å². The lowest BCUT2D eigenvalue weighted by Crippen LogP contribution is -2.33. The van der Waals surface area contributed by atoms with Crippen molar-refractivity contribution in [3.05, 3.63) is 23.8 Å². The minimum atomic E-state index is -0.467. The first-order valence-electron chi connectivity index (χ1n) is 6.78. The Labute approximate surface area is 120 Å². The van der Waals surface area contributed by atoms with Crippen LogP contribution in [0.15, 0.2) is 18.2 Å². The Bertz CT molecular complexity index is 453. The number of aryl methyl sites for hydroxylation is 1. The molecule has 1 rings (SSSR count). The molecule has 1 aromatic carbocycles. The minimum absolute atomic E-state index is 0.264. The molecule has 1 aromatic rings. The molecule has 0 aromatic heterocycles. The largest absolute Gasteiger partial charge is 0.508 e. The van der Waals surface area contributed by atoms with E-state index >= 15 is 0 Å². The fraction of sp³-hybridized carbons (Fsp3) is 0.533. The topological polar surface area (TPSA) is 70.6 Å². The van der Waals surface area contributed by atoms with E-state index in [1.807, 2.05) is 33.8 Å². The highest BCUT2D eigenvalue weighted by atomic mass is 16.6. The van der Waals surface area contributed by atoms with E-state index in [2.05, 4.69) is 10.6 Å². The molecule has 0 saturated carbocycles. The maximum absolute atomic E-state index is 11.4. The van der Waals surface area contributed by atoms with Crippen molar-refractivity contribution in [1.82, 2.24) is 5.32 Å². The molecule has 0 heterocycles. The van der Waals surface area contributed by atoms with E-state index in [0.29, 0.717) is 6.54 Å². The molecule has 5 nitrogen and oxygen atoms in total. The number of rotatable bonds is 5. The van der Waals surface area contributed by atoms with Crippen LogP contribution < -0.4 is 10.6 Å². The molecule has 1 amide bonds. The summed E-state index contributed by atoms with van der Waals surface area (Å²) in [5, 5.41) is 15.3. The van der Waals surface area contributed by atoms with Crippen LogP contribution >= 0.6 is 0 Å². The van der Waals surface area contributed by atoms with Crippen LogP contribution in [0.3, 0.4) is 0 Å². The zero-order chi connectivity index (χ0) is 15.2. The summed E-state index contributed by atoms with van der Waals surface area (Å²) >= 11 is 0. The van der Waals surface area contributed by atoms with Gasteiger partial charge in [0.15, 0.2) is 0 Å². The average Bonchev–Trinajstić information content (AvgIpc) is 2.28. The Kier molecular flexibility index (Phi) is 5.67. The molecule has 0 saturated heterocycles. The van der Waals surface area contributed by atoms with Gasteiger partial charge in [-0.2, -0.15) is 0 Å². The van der Waals surface area contributed by atoms with Gasteiger partial charge < -0.3 is 20.5 Å². The van der Waals surface area contributed by atoms with Gasteiger partial charge in [0.05, 0.1) is 0 Å². The van der Waals surface area contributed by atoms with Crippen LogP contribution in [0, 0.1) is 6.92 Å². The van der Waals surface area contributed by atoms with Gasteiger partial charge in [0.25, 0.3) is 0 Å². The standard InChI is InChI=1S/C15H24N2O3/c1-11-10-12(18)6-7-13(11)16-8-5-9-17-14(19)20-15(2,3)4/h6-7,10,16,18H,5,8-9H2,1-4H3,(H,17,19). The molecule has 0 aliphatic rings. The Morgan fingerprint density at radius 1 is 1.30 bits per heavy atom. The first-order valence-corrected chi connectivity index (χ1v) is 6.78. The fourth-order valence-electron chi connectivity index (χ4n) is 1.66. The summed E-state index contributed by atoms with van der Waals surface area (Å²) in [6.45, 7) is 8.73. The number of ether oxygens (including phenoxy) is 1. The number of benzene rings is 1. The lowest BCUT2D eigenvalue weighted by Gasteiger charge is -2.19. The number of nitrogens with one attached hydrogen (secondary N) is 2. The minimum Gasteiger partial charge on any atom is -0.508 e. The summed E-state index contributed by atoms with van der Waals surface area (Å²) in [6.07, 6.45) is 0.401.